The van der Waals surface area contributed by atoms with Gasteiger partial charge in [-0.15, -0.1) is 11.3 Å². The van der Waals surface area contributed by atoms with Gasteiger partial charge in [0.2, 0.25) is 5.91 Å². The monoisotopic (exact) mass is 433 g/mol. The zero-order chi connectivity index (χ0) is 21.5. The largest absolute Gasteiger partial charge is 0.323 e. The molecular weight excluding hydrogens is 410 g/mol. The number of thiophene rings is 1. The van der Waals surface area contributed by atoms with E-state index in [0.717, 1.165) is 52.2 Å². The molecule has 7 nitrogen and oxygen atoms in total. The Hall–Kier alpha value is -3.26. The number of rotatable bonds is 5. The molecule has 1 aliphatic rings. The predicted molar refractivity (Wildman–Crippen MR) is 122 cm³/mol. The van der Waals surface area contributed by atoms with Crippen molar-refractivity contribution in [1.82, 2.24) is 19.7 Å². The molecule has 0 bridgehead atoms. The van der Waals surface area contributed by atoms with E-state index in [1.807, 2.05) is 48.9 Å². The van der Waals surface area contributed by atoms with E-state index < -0.39 is 0 Å². The van der Waals surface area contributed by atoms with Crippen LogP contribution in [0.2, 0.25) is 0 Å². The van der Waals surface area contributed by atoms with Gasteiger partial charge in [-0.25, -0.2) is 9.67 Å². The lowest BCUT2D eigenvalue weighted by atomic mass is 10.2. The molecular formula is C23H23N5O2S. The summed E-state index contributed by atoms with van der Waals surface area (Å²) in [5, 5.41) is 8.29. The van der Waals surface area contributed by atoms with Crippen LogP contribution in [-0.2, 0) is 24.1 Å². The maximum atomic E-state index is 12.6. The van der Waals surface area contributed by atoms with Crippen LogP contribution in [0.3, 0.4) is 0 Å². The first-order valence-electron chi connectivity index (χ1n) is 10.5. The highest BCUT2D eigenvalue weighted by Gasteiger charge is 2.21. The van der Waals surface area contributed by atoms with Gasteiger partial charge < -0.3 is 10.3 Å². The topological polar surface area (TPSA) is 92.7 Å². The summed E-state index contributed by atoms with van der Waals surface area (Å²) in [6.45, 7) is 3.82. The first-order valence-corrected chi connectivity index (χ1v) is 11.3. The Balaban J connectivity index is 1.31. The number of anilines is 1. The van der Waals surface area contributed by atoms with Gasteiger partial charge in [-0.1, -0.05) is 18.2 Å². The van der Waals surface area contributed by atoms with Crippen LogP contribution in [0, 0.1) is 13.8 Å². The number of hydrogen-bond donors (Lipinski definition) is 2. The smallest absolute Gasteiger partial charge is 0.259 e. The number of carbonyl (C=O) groups excluding carboxylic acids is 1. The molecule has 1 amide bonds. The van der Waals surface area contributed by atoms with Gasteiger partial charge in [0.1, 0.15) is 10.7 Å². The van der Waals surface area contributed by atoms with E-state index in [1.165, 1.54) is 10.4 Å². The van der Waals surface area contributed by atoms with Crippen molar-refractivity contribution in [2.45, 2.75) is 46.0 Å². The molecule has 1 aliphatic carbocycles. The first-order chi connectivity index (χ1) is 15.0. The molecule has 8 heteroatoms. The Morgan fingerprint density at radius 3 is 2.84 bits per heavy atom. The summed E-state index contributed by atoms with van der Waals surface area (Å²) >= 11 is 1.61. The summed E-state index contributed by atoms with van der Waals surface area (Å²) in [6.07, 6.45) is 3.71. The van der Waals surface area contributed by atoms with Gasteiger partial charge in [-0.2, -0.15) is 5.10 Å². The molecule has 4 aromatic rings. The number of fused-ring (bicyclic) bond motifs is 3. The van der Waals surface area contributed by atoms with Crippen molar-refractivity contribution in [2.75, 3.05) is 5.32 Å². The number of nitrogens with zero attached hydrogens (tertiary/aromatic N) is 3. The van der Waals surface area contributed by atoms with Crippen molar-refractivity contribution < 1.29 is 4.79 Å². The Labute approximate surface area is 183 Å². The molecule has 158 valence electrons. The van der Waals surface area contributed by atoms with Crippen molar-refractivity contribution in [3.8, 4) is 5.69 Å². The molecule has 0 saturated carbocycles. The third-order valence-electron chi connectivity index (χ3n) is 5.77. The molecule has 0 fully saturated rings. The molecule has 5 rings (SSSR count). The third-order valence-corrected chi connectivity index (χ3v) is 6.96. The van der Waals surface area contributed by atoms with Crippen LogP contribution >= 0.6 is 11.3 Å². The van der Waals surface area contributed by atoms with Crippen LogP contribution < -0.4 is 10.9 Å². The molecule has 0 saturated heterocycles. The normalized spacial score (nSPS) is 13.0. The molecule has 3 heterocycles. The molecule has 31 heavy (non-hydrogen) atoms. The van der Waals surface area contributed by atoms with Gasteiger partial charge in [0.05, 0.1) is 28.1 Å². The van der Waals surface area contributed by atoms with Gasteiger partial charge >= 0.3 is 0 Å². The van der Waals surface area contributed by atoms with Crippen LogP contribution in [0.25, 0.3) is 15.9 Å². The lowest BCUT2D eigenvalue weighted by molar-refractivity contribution is -0.116. The third kappa shape index (κ3) is 3.57. The van der Waals surface area contributed by atoms with Crippen LogP contribution in [0.15, 0.2) is 35.1 Å². The fraction of sp³-hybridized carbons (Fsp3) is 0.304. The number of H-pyrrole nitrogens is 1. The fourth-order valence-electron chi connectivity index (χ4n) is 4.24. The number of para-hydroxylation sites is 1. The first kappa shape index (κ1) is 19.7. The van der Waals surface area contributed by atoms with Crippen molar-refractivity contribution in [1.29, 1.82) is 0 Å². The highest BCUT2D eigenvalue weighted by Crippen LogP contribution is 2.34. The number of aromatic amines is 1. The number of aryl methyl sites for hydroxylation is 4. The Bertz CT molecular complexity index is 1350. The molecule has 3 aromatic heterocycles. The second-order valence-corrected chi connectivity index (χ2v) is 8.98. The number of carbonyl (C=O) groups is 1. The molecule has 0 aliphatic heterocycles. The Morgan fingerprint density at radius 1 is 1.23 bits per heavy atom. The minimum atomic E-state index is -0.129. The number of aromatic nitrogens is 4. The van der Waals surface area contributed by atoms with Crippen molar-refractivity contribution in [2.24, 2.45) is 0 Å². The van der Waals surface area contributed by atoms with E-state index in [4.69, 9.17) is 0 Å². The lowest BCUT2D eigenvalue weighted by Gasteiger charge is -2.07. The van der Waals surface area contributed by atoms with Crippen LogP contribution in [0.1, 0.15) is 40.5 Å². The molecule has 0 atom stereocenters. The standard InChI is InChI=1S/C23H23N5O2S/c1-13-21(14(2)28(27-13)15-7-4-3-5-8-15)26-19(29)12-11-18-24-22(30)20-16-9-6-10-17(16)31-23(20)25-18/h3-5,7-8H,6,9-12H2,1-2H3,(H,26,29)(H,24,25,30). The van der Waals surface area contributed by atoms with Crippen molar-refractivity contribution in [3.63, 3.8) is 0 Å². The quantitative estimate of drug-likeness (QED) is 0.500. The summed E-state index contributed by atoms with van der Waals surface area (Å²) in [5.74, 6) is 0.427. The summed E-state index contributed by atoms with van der Waals surface area (Å²) < 4.78 is 1.83. The minimum absolute atomic E-state index is 0.0874. The zero-order valence-electron chi connectivity index (χ0n) is 17.5. The molecule has 0 spiro atoms. The Kier molecular flexibility index (Phi) is 4.94. The summed E-state index contributed by atoms with van der Waals surface area (Å²) in [5.41, 5.74) is 4.38. The van der Waals surface area contributed by atoms with Crippen LogP contribution in [-0.4, -0.2) is 25.7 Å². The molecule has 0 radical (unpaired) electrons. The summed E-state index contributed by atoms with van der Waals surface area (Å²) in [6, 6.07) is 9.82. The van der Waals surface area contributed by atoms with Gasteiger partial charge in [-0.3, -0.25) is 9.59 Å². The zero-order valence-corrected chi connectivity index (χ0v) is 18.3. The number of amides is 1. The Morgan fingerprint density at radius 2 is 2.03 bits per heavy atom. The van der Waals surface area contributed by atoms with Crippen molar-refractivity contribution in [3.05, 3.63) is 68.3 Å². The van der Waals surface area contributed by atoms with Gasteiger partial charge in [0.15, 0.2) is 0 Å². The van der Waals surface area contributed by atoms with E-state index in [1.54, 1.807) is 11.3 Å². The van der Waals surface area contributed by atoms with Gasteiger partial charge in [-0.05, 0) is 50.8 Å². The maximum Gasteiger partial charge on any atom is 0.259 e. The lowest BCUT2D eigenvalue weighted by Crippen LogP contribution is -2.17. The average molecular weight is 434 g/mol. The maximum absolute atomic E-state index is 12.6. The van der Waals surface area contributed by atoms with E-state index in [-0.39, 0.29) is 17.9 Å². The van der Waals surface area contributed by atoms with E-state index in [9.17, 15) is 9.59 Å². The molecule has 0 unspecified atom stereocenters. The summed E-state index contributed by atoms with van der Waals surface area (Å²) in [7, 11) is 0. The minimum Gasteiger partial charge on any atom is -0.323 e. The SMILES string of the molecule is Cc1nn(-c2ccccc2)c(C)c1NC(=O)CCc1nc2sc3c(c2c(=O)[nH]1)CCC3. The number of hydrogen-bond acceptors (Lipinski definition) is 5. The van der Waals surface area contributed by atoms with E-state index in [2.05, 4.69) is 20.4 Å². The average Bonchev–Trinajstić information content (AvgIpc) is 3.42. The van der Waals surface area contributed by atoms with E-state index >= 15 is 0 Å². The summed E-state index contributed by atoms with van der Waals surface area (Å²) in [4.78, 5) is 34.8. The second-order valence-electron chi connectivity index (χ2n) is 7.89. The number of nitrogens with one attached hydrogen (secondary N) is 2. The fourth-order valence-corrected chi connectivity index (χ4v) is 5.52. The highest BCUT2D eigenvalue weighted by atomic mass is 32.1. The second kappa shape index (κ2) is 7.77. The van der Waals surface area contributed by atoms with Crippen LogP contribution in [0.5, 0.6) is 0 Å². The van der Waals surface area contributed by atoms with Crippen LogP contribution in [0.4, 0.5) is 5.69 Å². The molecule has 1 aromatic carbocycles. The van der Waals surface area contributed by atoms with Gasteiger partial charge in [0, 0.05) is 17.7 Å². The van der Waals surface area contributed by atoms with E-state index in [0.29, 0.717) is 12.2 Å². The molecule has 2 N–H and O–H groups in total. The predicted octanol–water partition coefficient (Wildman–Crippen LogP) is 3.85. The number of benzene rings is 1. The highest BCUT2D eigenvalue weighted by molar-refractivity contribution is 7.18. The van der Waals surface area contributed by atoms with Gasteiger partial charge in [0.25, 0.3) is 5.56 Å². The van der Waals surface area contributed by atoms with Crippen molar-refractivity contribution >= 4 is 33.1 Å².